The zero-order chi connectivity index (χ0) is 21.4. The number of rotatable bonds is 5. The van der Waals surface area contributed by atoms with Crippen LogP contribution in [0.25, 0.3) is 5.69 Å². The van der Waals surface area contributed by atoms with E-state index in [4.69, 9.17) is 4.74 Å². The molecule has 0 unspecified atom stereocenters. The van der Waals surface area contributed by atoms with Crippen molar-refractivity contribution in [3.63, 3.8) is 0 Å². The van der Waals surface area contributed by atoms with E-state index in [9.17, 15) is 8.78 Å². The summed E-state index contributed by atoms with van der Waals surface area (Å²) in [5.74, 6) is -0.315. The molecule has 0 amide bonds. The monoisotopic (exact) mass is 428 g/mol. The van der Waals surface area contributed by atoms with E-state index >= 15 is 0 Å². The zero-order valence-electron chi connectivity index (χ0n) is 17.3. The highest BCUT2D eigenvalue weighted by Crippen LogP contribution is 2.26. The summed E-state index contributed by atoms with van der Waals surface area (Å²) in [5, 5.41) is 7.39. The first-order valence-electron chi connectivity index (χ1n) is 10.4. The molecule has 0 saturated carbocycles. The van der Waals surface area contributed by atoms with Gasteiger partial charge in [0.25, 0.3) is 0 Å². The van der Waals surface area contributed by atoms with Crippen molar-refractivity contribution in [3.8, 4) is 5.69 Å². The molecular formula is C22H26F2N6O. The summed E-state index contributed by atoms with van der Waals surface area (Å²) in [5.41, 5.74) is 2.53. The van der Waals surface area contributed by atoms with Crippen LogP contribution in [0.4, 0.5) is 26.1 Å². The number of anilines is 3. The maximum Gasteiger partial charge on any atom is 0.246 e. The molecule has 2 aromatic carbocycles. The van der Waals surface area contributed by atoms with Gasteiger partial charge in [0, 0.05) is 39.0 Å². The predicted octanol–water partition coefficient (Wildman–Crippen LogP) is 3.36. The first kappa shape index (κ1) is 19.9. The van der Waals surface area contributed by atoms with Crippen molar-refractivity contribution < 1.29 is 14.9 Å². The van der Waals surface area contributed by atoms with Crippen LogP contribution in [0.2, 0.25) is 0 Å². The number of hydrogen-bond donors (Lipinski definition) is 1. The van der Waals surface area contributed by atoms with Crippen molar-refractivity contribution in [2.24, 2.45) is 0 Å². The summed E-state index contributed by atoms with van der Waals surface area (Å²) < 4.78 is 34.9. The minimum atomic E-state index is -0.324. The van der Waals surface area contributed by atoms with Crippen LogP contribution in [0.1, 0.15) is 6.99 Å². The molecule has 164 valence electrons. The zero-order valence-corrected chi connectivity index (χ0v) is 17.3. The Morgan fingerprint density at radius 1 is 1.03 bits per heavy atom. The first-order chi connectivity index (χ1) is 15.0. The van der Waals surface area contributed by atoms with E-state index in [-0.39, 0.29) is 13.1 Å². The van der Waals surface area contributed by atoms with Crippen LogP contribution in [0.15, 0.2) is 42.7 Å². The Labute approximate surface area is 180 Å². The van der Waals surface area contributed by atoms with Crippen molar-refractivity contribution >= 4 is 17.3 Å². The van der Waals surface area contributed by atoms with Crippen LogP contribution >= 0.6 is 0 Å². The van der Waals surface area contributed by atoms with Gasteiger partial charge in [0.1, 0.15) is 18.0 Å². The standard InChI is InChI=1S/C22H24F2N6O.H2/c1-15-2-3-18(11-21(15)24)30-14-25-22(27-30)26-17-8-16(23)9-19(10-17)28-4-6-29(7-5-28)20-12-31-13-20;/h2-3,8-11,14,20H,4-7,12-13H2,1H3,(H,26,27);1H. The second kappa shape index (κ2) is 8.24. The molecule has 2 aliphatic heterocycles. The summed E-state index contributed by atoms with van der Waals surface area (Å²) in [7, 11) is 0. The fourth-order valence-electron chi connectivity index (χ4n) is 3.91. The third kappa shape index (κ3) is 4.24. The molecule has 2 aliphatic rings. The molecule has 31 heavy (non-hydrogen) atoms. The number of benzene rings is 2. The molecule has 2 fully saturated rings. The Morgan fingerprint density at radius 3 is 2.55 bits per heavy atom. The maximum atomic E-state index is 14.3. The van der Waals surface area contributed by atoms with Crippen LogP contribution in [0.3, 0.4) is 0 Å². The van der Waals surface area contributed by atoms with Crippen LogP contribution < -0.4 is 10.2 Å². The van der Waals surface area contributed by atoms with E-state index in [1.54, 1.807) is 25.1 Å². The highest BCUT2D eigenvalue weighted by molar-refractivity contribution is 5.62. The average molecular weight is 428 g/mol. The molecule has 0 aliphatic carbocycles. The minimum Gasteiger partial charge on any atom is -0.378 e. The molecule has 0 radical (unpaired) electrons. The van der Waals surface area contributed by atoms with Gasteiger partial charge in [-0.2, -0.15) is 4.98 Å². The quantitative estimate of drug-likeness (QED) is 0.673. The molecule has 7 nitrogen and oxygen atoms in total. The summed E-state index contributed by atoms with van der Waals surface area (Å²) in [6.45, 7) is 6.87. The number of piperazine rings is 1. The molecule has 3 aromatic rings. The number of nitrogens with one attached hydrogen (secondary N) is 1. The smallest absolute Gasteiger partial charge is 0.246 e. The van der Waals surface area contributed by atoms with Gasteiger partial charge in [0.05, 0.1) is 24.9 Å². The van der Waals surface area contributed by atoms with Gasteiger partial charge in [-0.15, -0.1) is 5.10 Å². The van der Waals surface area contributed by atoms with E-state index < -0.39 is 0 Å². The largest absolute Gasteiger partial charge is 0.378 e. The molecule has 5 rings (SSSR count). The Bertz CT molecular complexity index is 1080. The van der Waals surface area contributed by atoms with Crippen molar-refractivity contribution in [1.82, 2.24) is 19.7 Å². The van der Waals surface area contributed by atoms with E-state index in [0.29, 0.717) is 28.9 Å². The number of ether oxygens (including phenoxy) is 1. The molecule has 0 atom stereocenters. The molecular weight excluding hydrogens is 402 g/mol. The minimum absolute atomic E-state index is 0. The summed E-state index contributed by atoms with van der Waals surface area (Å²) in [4.78, 5) is 8.84. The van der Waals surface area contributed by atoms with Crippen LogP contribution in [0.5, 0.6) is 0 Å². The van der Waals surface area contributed by atoms with Gasteiger partial charge in [0.15, 0.2) is 0 Å². The van der Waals surface area contributed by atoms with Crippen LogP contribution in [0, 0.1) is 18.6 Å². The van der Waals surface area contributed by atoms with Gasteiger partial charge in [0.2, 0.25) is 5.95 Å². The van der Waals surface area contributed by atoms with Gasteiger partial charge < -0.3 is 15.0 Å². The molecule has 2 saturated heterocycles. The van der Waals surface area contributed by atoms with Gasteiger partial charge in [-0.05, 0) is 42.8 Å². The number of nitrogens with zero attached hydrogens (tertiary/aromatic N) is 5. The van der Waals surface area contributed by atoms with E-state index in [1.165, 1.54) is 23.1 Å². The first-order valence-corrected chi connectivity index (χ1v) is 10.4. The molecule has 0 bridgehead atoms. The second-order valence-corrected chi connectivity index (χ2v) is 7.98. The van der Waals surface area contributed by atoms with Crippen molar-refractivity contribution in [2.75, 3.05) is 49.6 Å². The van der Waals surface area contributed by atoms with Gasteiger partial charge >= 0.3 is 0 Å². The van der Waals surface area contributed by atoms with E-state index in [2.05, 4.69) is 25.2 Å². The fraction of sp³-hybridized carbons (Fsp3) is 0.364. The highest BCUT2D eigenvalue weighted by Gasteiger charge is 2.29. The topological polar surface area (TPSA) is 58.5 Å². The number of halogens is 2. The predicted molar refractivity (Wildman–Crippen MR) is 116 cm³/mol. The lowest BCUT2D eigenvalue weighted by Gasteiger charge is -2.43. The average Bonchev–Trinajstić information content (AvgIpc) is 3.17. The Morgan fingerprint density at radius 2 is 1.84 bits per heavy atom. The summed E-state index contributed by atoms with van der Waals surface area (Å²) in [6.07, 6.45) is 1.50. The lowest BCUT2D eigenvalue weighted by molar-refractivity contribution is -0.0660. The Kier molecular flexibility index (Phi) is 5.29. The fourth-order valence-corrected chi connectivity index (χ4v) is 3.91. The molecule has 1 N–H and O–H groups in total. The van der Waals surface area contributed by atoms with Crippen molar-refractivity contribution in [3.05, 3.63) is 59.9 Å². The molecule has 3 heterocycles. The van der Waals surface area contributed by atoms with Gasteiger partial charge in [-0.3, -0.25) is 4.90 Å². The van der Waals surface area contributed by atoms with Gasteiger partial charge in [-0.1, -0.05) is 6.07 Å². The number of aromatic nitrogens is 3. The van der Waals surface area contributed by atoms with Crippen molar-refractivity contribution in [2.45, 2.75) is 13.0 Å². The normalized spacial score (nSPS) is 17.6. The Balaban J connectivity index is 0.00000245. The second-order valence-electron chi connectivity index (χ2n) is 7.98. The SMILES string of the molecule is Cc1ccc(-n2cnc(Nc3cc(F)cc(N4CCN(C5COC5)CC4)c3)n2)cc1F.[HH]. The molecule has 0 spiro atoms. The van der Waals surface area contributed by atoms with Crippen LogP contribution in [-0.4, -0.2) is 65.1 Å². The number of aryl methyl sites for hydroxylation is 1. The summed E-state index contributed by atoms with van der Waals surface area (Å²) >= 11 is 0. The number of hydrogen-bond acceptors (Lipinski definition) is 6. The summed E-state index contributed by atoms with van der Waals surface area (Å²) in [6, 6.07) is 10.3. The van der Waals surface area contributed by atoms with E-state index in [0.717, 1.165) is 45.1 Å². The lowest BCUT2D eigenvalue weighted by atomic mass is 10.1. The third-order valence-corrected chi connectivity index (χ3v) is 5.87. The van der Waals surface area contributed by atoms with E-state index in [1.807, 2.05) is 6.07 Å². The van der Waals surface area contributed by atoms with Gasteiger partial charge in [-0.25, -0.2) is 13.5 Å². The maximum absolute atomic E-state index is 14.3. The van der Waals surface area contributed by atoms with Crippen molar-refractivity contribution in [1.29, 1.82) is 0 Å². The Hall–Kier alpha value is -3.04. The molecule has 1 aromatic heterocycles. The van der Waals surface area contributed by atoms with Crippen LogP contribution in [-0.2, 0) is 4.74 Å². The molecule has 9 heteroatoms. The highest BCUT2D eigenvalue weighted by atomic mass is 19.1. The lowest BCUT2D eigenvalue weighted by Crippen LogP contribution is -2.56. The third-order valence-electron chi connectivity index (χ3n) is 5.87.